The number of aromatic nitrogens is 2. The number of H-pyrrole nitrogens is 1. The molecule has 0 saturated heterocycles. The van der Waals surface area contributed by atoms with Gasteiger partial charge < -0.3 is 4.98 Å². The minimum atomic E-state index is -0.204. The summed E-state index contributed by atoms with van der Waals surface area (Å²) in [5, 5.41) is 0.537. The quantitative estimate of drug-likeness (QED) is 0.852. The van der Waals surface area contributed by atoms with Crippen molar-refractivity contribution in [2.24, 2.45) is 0 Å². The molecule has 0 unspecified atom stereocenters. The van der Waals surface area contributed by atoms with Crippen molar-refractivity contribution in [1.82, 2.24) is 9.55 Å². The van der Waals surface area contributed by atoms with Crippen LogP contribution in [0.1, 0.15) is 0 Å². The zero-order chi connectivity index (χ0) is 10.1. The van der Waals surface area contributed by atoms with E-state index in [-0.39, 0.29) is 5.69 Å². The molecule has 0 saturated carbocycles. The summed E-state index contributed by atoms with van der Waals surface area (Å²) in [5.41, 5.74) is 0.456. The van der Waals surface area contributed by atoms with Crippen molar-refractivity contribution < 1.29 is 0 Å². The Morgan fingerprint density at radius 1 is 1.43 bits per heavy atom. The number of nitrogens with zero attached hydrogens (tertiary/aromatic N) is 1. The molecule has 0 aliphatic heterocycles. The highest BCUT2D eigenvalue weighted by atomic mass is 79.9. The summed E-state index contributed by atoms with van der Waals surface area (Å²) in [5.74, 6) is 0. The van der Waals surface area contributed by atoms with Crippen molar-refractivity contribution in [3.63, 3.8) is 0 Å². The number of hydrogen-bond donors (Lipinski definition) is 1. The standard InChI is InChI=1S/C9H6BrClN2O/c10-6-1-2-7(11)8(5-6)13-4-3-12-9(13)14/h1-5H,(H,12,14). The van der Waals surface area contributed by atoms with E-state index >= 15 is 0 Å². The van der Waals surface area contributed by atoms with Gasteiger partial charge in [-0.3, -0.25) is 4.57 Å². The summed E-state index contributed by atoms with van der Waals surface area (Å²) >= 11 is 9.29. The van der Waals surface area contributed by atoms with Gasteiger partial charge in [-0.15, -0.1) is 0 Å². The topological polar surface area (TPSA) is 37.8 Å². The van der Waals surface area contributed by atoms with E-state index in [9.17, 15) is 4.79 Å². The molecular formula is C9H6BrClN2O. The first kappa shape index (κ1) is 9.55. The molecule has 0 atom stereocenters. The summed E-state index contributed by atoms with van der Waals surface area (Å²) in [6.45, 7) is 0. The van der Waals surface area contributed by atoms with Gasteiger partial charge in [0.1, 0.15) is 0 Å². The fraction of sp³-hybridized carbons (Fsp3) is 0. The number of aromatic amines is 1. The van der Waals surface area contributed by atoms with Crippen LogP contribution in [0, 0.1) is 0 Å². The Bertz CT molecular complexity index is 518. The third kappa shape index (κ3) is 1.63. The molecule has 2 rings (SSSR count). The van der Waals surface area contributed by atoms with E-state index in [0.29, 0.717) is 10.7 Å². The molecule has 3 nitrogen and oxygen atoms in total. The first-order valence-electron chi connectivity index (χ1n) is 3.90. The molecule has 0 aliphatic rings. The number of halogens is 2. The number of nitrogens with one attached hydrogen (secondary N) is 1. The minimum Gasteiger partial charge on any atom is -0.312 e. The average Bonchev–Trinajstić information content (AvgIpc) is 2.56. The van der Waals surface area contributed by atoms with Gasteiger partial charge in [0.15, 0.2) is 0 Å². The normalized spacial score (nSPS) is 10.4. The van der Waals surface area contributed by atoms with E-state index in [1.165, 1.54) is 4.57 Å². The molecule has 0 fully saturated rings. The van der Waals surface area contributed by atoms with Gasteiger partial charge in [0.05, 0.1) is 10.7 Å². The molecule has 0 bridgehead atoms. The lowest BCUT2D eigenvalue weighted by Crippen LogP contribution is -2.14. The second-order valence-corrected chi connectivity index (χ2v) is 4.05. The number of benzene rings is 1. The van der Waals surface area contributed by atoms with Gasteiger partial charge in [0.25, 0.3) is 0 Å². The van der Waals surface area contributed by atoms with Crippen molar-refractivity contribution in [2.75, 3.05) is 0 Å². The largest absolute Gasteiger partial charge is 0.330 e. The Balaban J connectivity index is 2.68. The van der Waals surface area contributed by atoms with E-state index < -0.39 is 0 Å². The third-order valence-corrected chi connectivity index (χ3v) is 2.63. The average molecular weight is 274 g/mol. The second kappa shape index (κ2) is 3.63. The smallest absolute Gasteiger partial charge is 0.312 e. The van der Waals surface area contributed by atoms with Gasteiger partial charge in [0, 0.05) is 16.9 Å². The summed E-state index contributed by atoms with van der Waals surface area (Å²) < 4.78 is 2.33. The number of imidazole rings is 1. The fourth-order valence-electron chi connectivity index (χ4n) is 1.18. The molecule has 1 aromatic heterocycles. The monoisotopic (exact) mass is 272 g/mol. The molecule has 1 aromatic carbocycles. The molecule has 0 spiro atoms. The zero-order valence-electron chi connectivity index (χ0n) is 7.00. The van der Waals surface area contributed by atoms with Crippen LogP contribution in [0.4, 0.5) is 0 Å². The van der Waals surface area contributed by atoms with Crippen LogP contribution in [-0.2, 0) is 0 Å². The molecule has 0 radical (unpaired) electrons. The first-order valence-corrected chi connectivity index (χ1v) is 5.07. The third-order valence-electron chi connectivity index (χ3n) is 1.82. The first-order chi connectivity index (χ1) is 6.68. The Hall–Kier alpha value is -1.000. The summed E-state index contributed by atoms with van der Waals surface area (Å²) in [7, 11) is 0. The molecule has 0 amide bonds. The zero-order valence-corrected chi connectivity index (χ0v) is 9.34. The Kier molecular flexibility index (Phi) is 2.48. The predicted octanol–water partition coefficient (Wildman–Crippen LogP) is 2.58. The van der Waals surface area contributed by atoms with Gasteiger partial charge in [-0.1, -0.05) is 27.5 Å². The van der Waals surface area contributed by atoms with Crippen LogP contribution in [0.2, 0.25) is 5.02 Å². The van der Waals surface area contributed by atoms with Crippen molar-refractivity contribution >= 4 is 27.5 Å². The van der Waals surface area contributed by atoms with Crippen molar-refractivity contribution in [2.45, 2.75) is 0 Å². The van der Waals surface area contributed by atoms with Gasteiger partial charge in [-0.25, -0.2) is 4.79 Å². The van der Waals surface area contributed by atoms with E-state index in [4.69, 9.17) is 11.6 Å². The van der Waals surface area contributed by atoms with Crippen molar-refractivity contribution in [3.05, 3.63) is 50.6 Å². The lowest BCUT2D eigenvalue weighted by molar-refractivity contribution is 0.986. The highest BCUT2D eigenvalue weighted by molar-refractivity contribution is 9.10. The second-order valence-electron chi connectivity index (χ2n) is 2.73. The molecule has 1 heterocycles. The van der Waals surface area contributed by atoms with Gasteiger partial charge >= 0.3 is 5.69 Å². The summed E-state index contributed by atoms with van der Waals surface area (Å²) in [4.78, 5) is 13.9. The highest BCUT2D eigenvalue weighted by Crippen LogP contribution is 2.23. The summed E-state index contributed by atoms with van der Waals surface area (Å²) in [6.07, 6.45) is 3.20. The van der Waals surface area contributed by atoms with E-state index in [0.717, 1.165) is 4.47 Å². The SMILES string of the molecule is O=c1[nH]ccn1-c1cc(Br)ccc1Cl. The van der Waals surface area contributed by atoms with E-state index in [1.807, 2.05) is 6.07 Å². The molecule has 0 aliphatic carbocycles. The maximum absolute atomic E-state index is 11.3. The molecule has 72 valence electrons. The van der Waals surface area contributed by atoms with E-state index in [2.05, 4.69) is 20.9 Å². The maximum atomic E-state index is 11.3. The fourth-order valence-corrected chi connectivity index (χ4v) is 1.74. The number of hydrogen-bond acceptors (Lipinski definition) is 1. The number of rotatable bonds is 1. The van der Waals surface area contributed by atoms with Crippen LogP contribution in [0.3, 0.4) is 0 Å². The van der Waals surface area contributed by atoms with E-state index in [1.54, 1.807) is 24.5 Å². The van der Waals surface area contributed by atoms with Crippen LogP contribution in [-0.4, -0.2) is 9.55 Å². The summed E-state index contributed by atoms with van der Waals surface area (Å²) in [6, 6.07) is 5.35. The molecule has 5 heteroatoms. The van der Waals surface area contributed by atoms with Crippen LogP contribution in [0.15, 0.2) is 39.9 Å². The molecule has 2 aromatic rings. The van der Waals surface area contributed by atoms with Crippen LogP contribution >= 0.6 is 27.5 Å². The van der Waals surface area contributed by atoms with Crippen molar-refractivity contribution in [1.29, 1.82) is 0 Å². The van der Waals surface area contributed by atoms with Gasteiger partial charge in [0.2, 0.25) is 0 Å². The molecule has 1 N–H and O–H groups in total. The van der Waals surface area contributed by atoms with Crippen LogP contribution in [0.5, 0.6) is 0 Å². The molecular weight excluding hydrogens is 267 g/mol. The minimum absolute atomic E-state index is 0.204. The molecule has 14 heavy (non-hydrogen) atoms. The Morgan fingerprint density at radius 2 is 2.21 bits per heavy atom. The van der Waals surface area contributed by atoms with Crippen LogP contribution < -0.4 is 5.69 Å². The Morgan fingerprint density at radius 3 is 2.86 bits per heavy atom. The predicted molar refractivity (Wildman–Crippen MR) is 59.1 cm³/mol. The Labute approximate surface area is 93.5 Å². The highest BCUT2D eigenvalue weighted by Gasteiger charge is 2.05. The lowest BCUT2D eigenvalue weighted by Gasteiger charge is -2.03. The lowest BCUT2D eigenvalue weighted by atomic mass is 10.3. The van der Waals surface area contributed by atoms with Crippen LogP contribution in [0.25, 0.3) is 5.69 Å². The van der Waals surface area contributed by atoms with Gasteiger partial charge in [-0.05, 0) is 18.2 Å². The maximum Gasteiger partial charge on any atom is 0.330 e. The van der Waals surface area contributed by atoms with Crippen molar-refractivity contribution in [3.8, 4) is 5.69 Å². The van der Waals surface area contributed by atoms with Gasteiger partial charge in [-0.2, -0.15) is 0 Å².